The minimum atomic E-state index is -0.731. The lowest BCUT2D eigenvalue weighted by atomic mass is 9.74. The van der Waals surface area contributed by atoms with Gasteiger partial charge in [-0.15, -0.1) is 0 Å². The van der Waals surface area contributed by atoms with Crippen molar-refractivity contribution in [3.63, 3.8) is 0 Å². The van der Waals surface area contributed by atoms with Gasteiger partial charge in [0.15, 0.2) is 0 Å². The summed E-state index contributed by atoms with van der Waals surface area (Å²) in [7, 11) is 0. The Kier molecular flexibility index (Phi) is 10.1. The van der Waals surface area contributed by atoms with Gasteiger partial charge in [-0.3, -0.25) is 0 Å². The van der Waals surface area contributed by atoms with Crippen LogP contribution in [0, 0.1) is 5.41 Å². The highest BCUT2D eigenvalue weighted by molar-refractivity contribution is 4.92. The molecule has 0 aromatic heterocycles. The highest BCUT2D eigenvalue weighted by atomic mass is 17.2. The summed E-state index contributed by atoms with van der Waals surface area (Å²) in [4.78, 5) is 34.0. The maximum atomic E-state index is 6.07. The minimum Gasteiger partial charge on any atom is -0.233 e. The largest absolute Gasteiger partial charge is 0.233 e. The minimum absolute atomic E-state index is 0.109. The first kappa shape index (κ1) is 27.8. The van der Waals surface area contributed by atoms with Gasteiger partial charge in [-0.25, -0.2) is 29.3 Å². The molecule has 0 aliphatic rings. The second-order valence-corrected chi connectivity index (χ2v) is 11.6. The zero-order valence-electron chi connectivity index (χ0n) is 20.6. The van der Waals surface area contributed by atoms with E-state index in [9.17, 15) is 0 Å². The highest BCUT2D eigenvalue weighted by Crippen LogP contribution is 2.40. The Morgan fingerprint density at radius 2 is 1.07 bits per heavy atom. The molecule has 0 amide bonds. The van der Waals surface area contributed by atoms with E-state index >= 15 is 0 Å². The smallest absolute Gasteiger partial charge is 0.135 e. The Labute approximate surface area is 173 Å². The van der Waals surface area contributed by atoms with Crippen LogP contribution in [0.2, 0.25) is 0 Å². The number of hydrogen-bond donors (Lipinski definition) is 0. The molecule has 2 unspecified atom stereocenters. The first-order valence-corrected chi connectivity index (χ1v) is 10.3. The van der Waals surface area contributed by atoms with Gasteiger partial charge in [0.05, 0.1) is 22.9 Å². The summed E-state index contributed by atoms with van der Waals surface area (Å²) in [6.45, 7) is 26.1. The van der Waals surface area contributed by atoms with Crippen molar-refractivity contribution in [2.75, 3.05) is 6.61 Å². The van der Waals surface area contributed by atoms with E-state index in [1.54, 1.807) is 0 Å². The molecule has 6 nitrogen and oxygen atoms in total. The first-order chi connectivity index (χ1) is 12.3. The molecule has 0 rings (SSSR count). The molecular weight excluding hydrogens is 360 g/mol. The summed E-state index contributed by atoms with van der Waals surface area (Å²) < 4.78 is 0. The fraction of sp³-hybridized carbons (Fsp3) is 1.00. The van der Waals surface area contributed by atoms with Gasteiger partial charge in [0, 0.05) is 0 Å². The predicted molar refractivity (Wildman–Crippen MR) is 112 cm³/mol. The lowest BCUT2D eigenvalue weighted by Crippen LogP contribution is -2.51. The lowest BCUT2D eigenvalue weighted by Gasteiger charge is -2.44. The van der Waals surface area contributed by atoms with Gasteiger partial charge in [0.1, 0.15) is 12.2 Å². The summed E-state index contributed by atoms with van der Waals surface area (Å²) >= 11 is 0. The average molecular weight is 407 g/mol. The second-order valence-electron chi connectivity index (χ2n) is 11.6. The van der Waals surface area contributed by atoms with Crippen molar-refractivity contribution >= 4 is 0 Å². The van der Waals surface area contributed by atoms with Crippen LogP contribution in [0.4, 0.5) is 0 Å². The number of hydrogen-bond acceptors (Lipinski definition) is 6. The van der Waals surface area contributed by atoms with Crippen molar-refractivity contribution in [3.05, 3.63) is 0 Å². The Morgan fingerprint density at radius 1 is 0.607 bits per heavy atom. The van der Waals surface area contributed by atoms with E-state index in [0.29, 0.717) is 12.8 Å². The molecule has 2 atom stereocenters. The zero-order valence-corrected chi connectivity index (χ0v) is 20.6. The molecule has 170 valence electrons. The van der Waals surface area contributed by atoms with Crippen molar-refractivity contribution in [3.8, 4) is 0 Å². The van der Waals surface area contributed by atoms with Crippen LogP contribution >= 0.6 is 0 Å². The first-order valence-electron chi connectivity index (χ1n) is 10.3. The van der Waals surface area contributed by atoms with Gasteiger partial charge in [0.2, 0.25) is 0 Å². The van der Waals surface area contributed by atoms with E-state index in [0.717, 1.165) is 0 Å². The summed E-state index contributed by atoms with van der Waals surface area (Å²) in [5.74, 6) is 0. The van der Waals surface area contributed by atoms with Crippen LogP contribution in [0.3, 0.4) is 0 Å². The molecule has 6 heteroatoms. The summed E-state index contributed by atoms with van der Waals surface area (Å²) in [5.41, 5.74) is -2.22. The molecule has 0 aliphatic heterocycles. The Hall–Kier alpha value is -0.240. The van der Waals surface area contributed by atoms with Crippen molar-refractivity contribution in [1.82, 2.24) is 0 Å². The van der Waals surface area contributed by atoms with Crippen molar-refractivity contribution < 1.29 is 29.3 Å². The monoisotopic (exact) mass is 406 g/mol. The Morgan fingerprint density at radius 3 is 1.46 bits per heavy atom. The molecule has 0 spiro atoms. The van der Waals surface area contributed by atoms with E-state index in [-0.39, 0.29) is 23.7 Å². The zero-order chi connectivity index (χ0) is 22.4. The highest BCUT2D eigenvalue weighted by Gasteiger charge is 2.46. The molecule has 0 saturated heterocycles. The fourth-order valence-electron chi connectivity index (χ4n) is 2.07. The van der Waals surface area contributed by atoms with E-state index in [1.807, 2.05) is 69.2 Å². The maximum absolute atomic E-state index is 6.07. The normalized spacial score (nSPS) is 17.5. The van der Waals surface area contributed by atoms with Crippen LogP contribution in [-0.4, -0.2) is 35.1 Å². The lowest BCUT2D eigenvalue weighted by molar-refractivity contribution is -0.455. The quantitative estimate of drug-likeness (QED) is 0.319. The van der Waals surface area contributed by atoms with Gasteiger partial charge in [-0.2, -0.15) is 0 Å². The molecule has 0 aromatic rings. The van der Waals surface area contributed by atoms with Crippen LogP contribution in [0.5, 0.6) is 0 Å². The number of rotatable bonds is 10. The van der Waals surface area contributed by atoms with Crippen LogP contribution in [0.1, 0.15) is 103 Å². The van der Waals surface area contributed by atoms with Crippen LogP contribution in [0.25, 0.3) is 0 Å². The fourth-order valence-corrected chi connectivity index (χ4v) is 2.07. The molecule has 0 N–H and O–H groups in total. The van der Waals surface area contributed by atoms with Gasteiger partial charge in [-0.05, 0) is 87.5 Å². The Bertz CT molecular complexity index is 436. The molecule has 0 saturated carbocycles. The summed E-state index contributed by atoms with van der Waals surface area (Å²) in [6, 6.07) is 0. The molecule has 0 heterocycles. The van der Waals surface area contributed by atoms with E-state index in [1.165, 1.54) is 0 Å². The van der Waals surface area contributed by atoms with Gasteiger partial charge in [0.25, 0.3) is 0 Å². The Balaban J connectivity index is 5.29. The molecular formula is C22H46O6. The molecule has 0 fully saturated rings. The molecule has 0 radical (unpaired) electrons. The molecule has 0 bridgehead atoms. The van der Waals surface area contributed by atoms with Crippen LogP contribution in [-0.2, 0) is 29.3 Å². The van der Waals surface area contributed by atoms with Gasteiger partial charge >= 0.3 is 0 Å². The maximum Gasteiger partial charge on any atom is 0.135 e. The molecule has 0 aliphatic carbocycles. The molecule has 0 aromatic carbocycles. The standard InChI is InChI=1S/C22H46O6/c1-17(24-26-20(8,9)10)14-15-22(18(2,3)4,28-27-21(11,12)13)16-23-25-19(5,6)7/h17H,14-16H2,1-13H3. The van der Waals surface area contributed by atoms with Crippen molar-refractivity contribution in [1.29, 1.82) is 0 Å². The third-order valence-corrected chi connectivity index (χ3v) is 3.84. The van der Waals surface area contributed by atoms with Crippen LogP contribution in [0.15, 0.2) is 0 Å². The SMILES string of the molecule is CC(CCC(COOC(C)(C)C)(OOC(C)(C)C)C(C)(C)C)OOC(C)(C)C. The second kappa shape index (κ2) is 10.2. The summed E-state index contributed by atoms with van der Waals surface area (Å²) in [6.07, 6.45) is 1.25. The van der Waals surface area contributed by atoms with E-state index in [2.05, 4.69) is 20.8 Å². The summed E-state index contributed by atoms with van der Waals surface area (Å²) in [5, 5.41) is 0. The third-order valence-electron chi connectivity index (χ3n) is 3.84. The van der Waals surface area contributed by atoms with Crippen LogP contribution < -0.4 is 0 Å². The topological polar surface area (TPSA) is 55.4 Å². The van der Waals surface area contributed by atoms with Crippen molar-refractivity contribution in [2.24, 2.45) is 5.41 Å². The average Bonchev–Trinajstić information content (AvgIpc) is 2.43. The van der Waals surface area contributed by atoms with E-state index < -0.39 is 16.8 Å². The predicted octanol–water partition coefficient (Wildman–Crippen LogP) is 6.18. The third kappa shape index (κ3) is 12.3. The van der Waals surface area contributed by atoms with Gasteiger partial charge < -0.3 is 0 Å². The van der Waals surface area contributed by atoms with Gasteiger partial charge in [-0.1, -0.05) is 20.8 Å². The van der Waals surface area contributed by atoms with Crippen molar-refractivity contribution in [2.45, 2.75) is 131 Å². The molecule has 28 heavy (non-hydrogen) atoms. The van der Waals surface area contributed by atoms with E-state index in [4.69, 9.17) is 29.3 Å².